The minimum absolute atomic E-state index is 0.239. The zero-order chi connectivity index (χ0) is 14.9. The summed E-state index contributed by atoms with van der Waals surface area (Å²) in [5.41, 5.74) is 0.471. The normalized spacial score (nSPS) is 16.6. The van der Waals surface area contributed by atoms with Crippen LogP contribution in [0.1, 0.15) is 68.7 Å². The molecule has 0 unspecified atom stereocenters. The highest BCUT2D eigenvalue weighted by Crippen LogP contribution is 2.36. The Hall–Kier alpha value is -1.10. The molecule has 0 saturated heterocycles. The number of carbonyl (C=O) groups is 1. The van der Waals surface area contributed by atoms with Gasteiger partial charge in [-0.3, -0.25) is 0 Å². The van der Waals surface area contributed by atoms with Crippen molar-refractivity contribution in [2.45, 2.75) is 64.8 Å². The Morgan fingerprint density at radius 2 is 2.00 bits per heavy atom. The van der Waals surface area contributed by atoms with Crippen LogP contribution < -0.4 is 4.90 Å². The molecular formula is C15H24N2O2S. The molecule has 1 fully saturated rings. The van der Waals surface area contributed by atoms with E-state index >= 15 is 0 Å². The third kappa shape index (κ3) is 2.97. The molecule has 1 aliphatic carbocycles. The summed E-state index contributed by atoms with van der Waals surface area (Å²) in [5, 5.41) is 10.3. The van der Waals surface area contributed by atoms with Crippen molar-refractivity contribution in [1.29, 1.82) is 0 Å². The number of hydrogen-bond donors (Lipinski definition) is 1. The fourth-order valence-electron chi connectivity index (χ4n) is 2.85. The molecule has 5 heteroatoms. The first-order chi connectivity index (χ1) is 9.34. The highest BCUT2D eigenvalue weighted by Gasteiger charge is 2.30. The molecule has 4 nitrogen and oxygen atoms in total. The van der Waals surface area contributed by atoms with Gasteiger partial charge in [0.2, 0.25) is 0 Å². The highest BCUT2D eigenvalue weighted by atomic mass is 32.1. The lowest BCUT2D eigenvalue weighted by atomic mass is 9.91. The van der Waals surface area contributed by atoms with E-state index in [0.717, 1.165) is 11.7 Å². The van der Waals surface area contributed by atoms with Crippen LogP contribution in [0.5, 0.6) is 0 Å². The molecule has 0 radical (unpaired) electrons. The van der Waals surface area contributed by atoms with Gasteiger partial charge in [-0.15, -0.1) is 0 Å². The van der Waals surface area contributed by atoms with Gasteiger partial charge in [-0.25, -0.2) is 9.78 Å². The molecule has 1 aliphatic rings. The molecule has 1 aromatic heterocycles. The minimum atomic E-state index is -0.860. The maximum atomic E-state index is 11.5. The lowest BCUT2D eigenvalue weighted by Crippen LogP contribution is -2.33. The van der Waals surface area contributed by atoms with E-state index in [9.17, 15) is 9.90 Å². The van der Waals surface area contributed by atoms with Gasteiger partial charge >= 0.3 is 5.97 Å². The van der Waals surface area contributed by atoms with Crippen molar-refractivity contribution in [3.8, 4) is 0 Å². The summed E-state index contributed by atoms with van der Waals surface area (Å²) in [6, 6.07) is 0.528. The summed E-state index contributed by atoms with van der Waals surface area (Å²) in [5.74, 6) is -0.860. The van der Waals surface area contributed by atoms with Gasteiger partial charge in [-0.2, -0.15) is 0 Å². The SMILES string of the molecule is CCN(c1nc(C(C)(C)C)c(C(=O)O)s1)C1CCCC1. The number of aromatic carboxylic acids is 1. The summed E-state index contributed by atoms with van der Waals surface area (Å²) in [7, 11) is 0. The maximum Gasteiger partial charge on any atom is 0.347 e. The monoisotopic (exact) mass is 296 g/mol. The average molecular weight is 296 g/mol. The third-order valence-electron chi connectivity index (χ3n) is 3.87. The minimum Gasteiger partial charge on any atom is -0.477 e. The van der Waals surface area contributed by atoms with E-state index < -0.39 is 5.97 Å². The number of aromatic nitrogens is 1. The lowest BCUT2D eigenvalue weighted by Gasteiger charge is -2.27. The number of thiazole rings is 1. The van der Waals surface area contributed by atoms with Gasteiger partial charge in [0.15, 0.2) is 5.13 Å². The molecule has 1 aromatic rings. The predicted molar refractivity (Wildman–Crippen MR) is 83.0 cm³/mol. The van der Waals surface area contributed by atoms with E-state index in [1.54, 1.807) is 0 Å². The van der Waals surface area contributed by atoms with Crippen molar-refractivity contribution < 1.29 is 9.90 Å². The fraction of sp³-hybridized carbons (Fsp3) is 0.733. The zero-order valence-electron chi connectivity index (χ0n) is 12.8. The summed E-state index contributed by atoms with van der Waals surface area (Å²) < 4.78 is 0. The highest BCUT2D eigenvalue weighted by molar-refractivity contribution is 7.17. The molecule has 0 spiro atoms. The quantitative estimate of drug-likeness (QED) is 0.915. The van der Waals surface area contributed by atoms with E-state index in [2.05, 4.69) is 16.8 Å². The zero-order valence-corrected chi connectivity index (χ0v) is 13.6. The average Bonchev–Trinajstić information content (AvgIpc) is 2.97. The van der Waals surface area contributed by atoms with E-state index in [1.165, 1.54) is 37.0 Å². The molecule has 1 saturated carbocycles. The van der Waals surface area contributed by atoms with Gasteiger partial charge < -0.3 is 10.0 Å². The largest absolute Gasteiger partial charge is 0.477 e. The first kappa shape index (κ1) is 15.3. The summed E-state index contributed by atoms with van der Waals surface area (Å²) in [4.78, 5) is 18.8. The van der Waals surface area contributed by atoms with Crippen LogP contribution in [0.4, 0.5) is 5.13 Å². The molecule has 20 heavy (non-hydrogen) atoms. The van der Waals surface area contributed by atoms with Crippen molar-refractivity contribution in [3.63, 3.8) is 0 Å². The molecule has 0 atom stereocenters. The van der Waals surface area contributed by atoms with E-state index in [-0.39, 0.29) is 5.41 Å². The molecule has 0 aliphatic heterocycles. The van der Waals surface area contributed by atoms with Crippen LogP contribution in [0.15, 0.2) is 0 Å². The number of hydrogen-bond acceptors (Lipinski definition) is 4. The van der Waals surface area contributed by atoms with Gasteiger partial charge in [0.25, 0.3) is 0 Å². The van der Waals surface area contributed by atoms with Gasteiger partial charge in [0, 0.05) is 18.0 Å². The Morgan fingerprint density at radius 1 is 1.40 bits per heavy atom. The second-order valence-corrected chi connectivity index (χ2v) is 7.43. The Morgan fingerprint density at radius 3 is 2.40 bits per heavy atom. The van der Waals surface area contributed by atoms with Crippen molar-refractivity contribution in [3.05, 3.63) is 10.6 Å². The Kier molecular flexibility index (Phi) is 4.37. The van der Waals surface area contributed by atoms with Crippen LogP contribution in [0.2, 0.25) is 0 Å². The molecular weight excluding hydrogens is 272 g/mol. The third-order valence-corrected chi connectivity index (χ3v) is 4.95. The number of carboxylic acid groups (broad SMARTS) is 1. The second-order valence-electron chi connectivity index (χ2n) is 6.45. The maximum absolute atomic E-state index is 11.5. The Labute approximate surface area is 124 Å². The molecule has 1 N–H and O–H groups in total. The van der Waals surface area contributed by atoms with Crippen molar-refractivity contribution >= 4 is 22.4 Å². The van der Waals surface area contributed by atoms with E-state index in [0.29, 0.717) is 16.6 Å². The summed E-state index contributed by atoms with van der Waals surface area (Å²) >= 11 is 1.33. The standard InChI is InChI=1S/C15H24N2O2S/c1-5-17(10-8-6-7-9-10)14-16-12(15(2,3)4)11(20-14)13(18)19/h10H,5-9H2,1-4H3,(H,18,19). The molecule has 0 bridgehead atoms. The topological polar surface area (TPSA) is 53.4 Å². The number of carboxylic acids is 1. The Bertz CT molecular complexity index is 485. The van der Waals surface area contributed by atoms with Crippen LogP contribution in [0.3, 0.4) is 0 Å². The first-order valence-electron chi connectivity index (χ1n) is 7.35. The summed E-state index contributed by atoms with van der Waals surface area (Å²) in [6.07, 6.45) is 4.93. The van der Waals surface area contributed by atoms with Crippen molar-refractivity contribution in [1.82, 2.24) is 4.98 Å². The van der Waals surface area contributed by atoms with Gasteiger partial charge in [0.05, 0.1) is 5.69 Å². The fourth-order valence-corrected chi connectivity index (χ4v) is 4.10. The van der Waals surface area contributed by atoms with Gasteiger partial charge in [-0.05, 0) is 19.8 Å². The van der Waals surface area contributed by atoms with Crippen molar-refractivity contribution in [2.75, 3.05) is 11.4 Å². The van der Waals surface area contributed by atoms with E-state index in [1.807, 2.05) is 20.8 Å². The molecule has 0 amide bonds. The van der Waals surface area contributed by atoms with Gasteiger partial charge in [0.1, 0.15) is 4.88 Å². The second kappa shape index (κ2) is 5.72. The summed E-state index contributed by atoms with van der Waals surface area (Å²) in [6.45, 7) is 9.07. The first-order valence-corrected chi connectivity index (χ1v) is 8.17. The molecule has 0 aromatic carbocycles. The Balaban J connectivity index is 2.38. The number of nitrogens with zero attached hydrogens (tertiary/aromatic N) is 2. The lowest BCUT2D eigenvalue weighted by molar-refractivity contribution is 0.0699. The smallest absolute Gasteiger partial charge is 0.347 e. The van der Waals surface area contributed by atoms with Crippen LogP contribution >= 0.6 is 11.3 Å². The number of anilines is 1. The van der Waals surface area contributed by atoms with Crippen LogP contribution in [-0.2, 0) is 5.41 Å². The van der Waals surface area contributed by atoms with E-state index in [4.69, 9.17) is 0 Å². The molecule has 112 valence electrons. The molecule has 2 rings (SSSR count). The predicted octanol–water partition coefficient (Wildman–Crippen LogP) is 3.91. The van der Waals surface area contributed by atoms with Crippen LogP contribution in [-0.4, -0.2) is 28.6 Å². The molecule has 1 heterocycles. The van der Waals surface area contributed by atoms with Gasteiger partial charge in [-0.1, -0.05) is 44.9 Å². The van der Waals surface area contributed by atoms with Crippen LogP contribution in [0.25, 0.3) is 0 Å². The van der Waals surface area contributed by atoms with Crippen molar-refractivity contribution in [2.24, 2.45) is 0 Å². The van der Waals surface area contributed by atoms with Crippen LogP contribution in [0, 0.1) is 0 Å². The number of rotatable bonds is 4.